The number of pyridine rings is 1. The van der Waals surface area contributed by atoms with Gasteiger partial charge in [0, 0.05) is 60.1 Å². The highest BCUT2D eigenvalue weighted by molar-refractivity contribution is 7.92. The Morgan fingerprint density at radius 3 is 2.77 bits per heavy atom. The quantitative estimate of drug-likeness (QED) is 0.603. The largest absolute Gasteiger partial charge is 0.494 e. The number of anilines is 2. The third kappa shape index (κ3) is 4.66. The Labute approximate surface area is 177 Å². The molecule has 2 N–H and O–H groups in total. The monoisotopic (exact) mass is 426 g/mol. The second-order valence-corrected chi connectivity index (χ2v) is 9.39. The number of aromatic nitrogens is 1. The normalized spacial score (nSPS) is 17.2. The molecule has 1 atom stereocenters. The van der Waals surface area contributed by atoms with Crippen LogP contribution in [0.1, 0.15) is 12.0 Å². The van der Waals surface area contributed by atoms with Gasteiger partial charge in [0.15, 0.2) is 0 Å². The number of hydrogen-bond donors (Lipinski definition) is 2. The van der Waals surface area contributed by atoms with Gasteiger partial charge >= 0.3 is 0 Å². The van der Waals surface area contributed by atoms with Gasteiger partial charge in [-0.1, -0.05) is 24.3 Å². The first-order chi connectivity index (χ1) is 14.4. The number of ether oxygens (including phenoxy) is 1. The molecule has 30 heavy (non-hydrogen) atoms. The lowest BCUT2D eigenvalue weighted by atomic mass is 10.1. The van der Waals surface area contributed by atoms with E-state index in [1.54, 1.807) is 13.2 Å². The summed E-state index contributed by atoms with van der Waals surface area (Å²) in [6.45, 7) is 2.55. The number of nitrogens with zero attached hydrogens (tertiary/aromatic N) is 2. The molecule has 0 bridgehead atoms. The third-order valence-corrected chi connectivity index (χ3v) is 5.89. The SMILES string of the molecule is COc1c(CN2CC[C@@H](Nc3cccc4cnccc34)C2)cccc1NS(C)(=O)=O. The van der Waals surface area contributed by atoms with Crippen LogP contribution in [0.15, 0.2) is 54.9 Å². The second kappa shape index (κ2) is 8.49. The highest BCUT2D eigenvalue weighted by Crippen LogP contribution is 2.31. The zero-order valence-corrected chi connectivity index (χ0v) is 17.9. The van der Waals surface area contributed by atoms with E-state index in [0.29, 0.717) is 24.0 Å². The van der Waals surface area contributed by atoms with Gasteiger partial charge in [0.25, 0.3) is 0 Å². The maximum absolute atomic E-state index is 11.6. The predicted octanol–water partition coefficient (Wildman–Crippen LogP) is 3.30. The number of methoxy groups -OCH3 is 1. The molecule has 1 fully saturated rings. The van der Waals surface area contributed by atoms with E-state index in [1.165, 1.54) is 5.39 Å². The van der Waals surface area contributed by atoms with Crippen molar-refractivity contribution in [3.05, 3.63) is 60.4 Å². The summed E-state index contributed by atoms with van der Waals surface area (Å²) in [6, 6.07) is 14.1. The standard InChI is InChI=1S/C22H26N4O3S/c1-29-22-17(6-4-8-21(22)25-30(2,27)28)14-26-12-10-18(15-26)24-20-7-3-5-16-13-23-11-9-19(16)20/h3-9,11,13,18,24-25H,10,12,14-15H2,1-2H3/t18-/m1/s1. The topological polar surface area (TPSA) is 83.6 Å². The minimum atomic E-state index is -3.37. The van der Waals surface area contributed by atoms with E-state index in [9.17, 15) is 8.42 Å². The van der Waals surface area contributed by atoms with E-state index in [4.69, 9.17) is 4.74 Å². The Hall–Kier alpha value is -2.84. The molecule has 0 unspecified atom stereocenters. The first kappa shape index (κ1) is 20.4. The molecule has 7 nitrogen and oxygen atoms in total. The second-order valence-electron chi connectivity index (χ2n) is 7.64. The molecule has 1 aromatic heterocycles. The fourth-order valence-corrected chi connectivity index (χ4v) is 4.59. The molecule has 0 saturated carbocycles. The van der Waals surface area contributed by atoms with Crippen LogP contribution < -0.4 is 14.8 Å². The number of fused-ring (bicyclic) bond motifs is 1. The van der Waals surface area contributed by atoms with Crippen LogP contribution in [0.25, 0.3) is 10.8 Å². The summed E-state index contributed by atoms with van der Waals surface area (Å²) in [5, 5.41) is 5.97. The van der Waals surface area contributed by atoms with Crippen molar-refractivity contribution >= 4 is 32.2 Å². The Balaban J connectivity index is 1.46. The smallest absolute Gasteiger partial charge is 0.229 e. The van der Waals surface area contributed by atoms with Gasteiger partial charge in [-0.05, 0) is 24.6 Å². The maximum atomic E-state index is 11.6. The van der Waals surface area contributed by atoms with E-state index < -0.39 is 10.0 Å². The molecule has 0 spiro atoms. The summed E-state index contributed by atoms with van der Waals surface area (Å²) in [7, 11) is -1.81. The minimum absolute atomic E-state index is 0.340. The van der Waals surface area contributed by atoms with Crippen molar-refractivity contribution < 1.29 is 13.2 Å². The van der Waals surface area contributed by atoms with Crippen LogP contribution in [0.2, 0.25) is 0 Å². The fourth-order valence-electron chi connectivity index (χ4n) is 4.03. The average molecular weight is 427 g/mol. The minimum Gasteiger partial charge on any atom is -0.494 e. The van der Waals surface area contributed by atoms with Crippen molar-refractivity contribution in [1.29, 1.82) is 0 Å². The molecule has 2 aromatic carbocycles. The maximum Gasteiger partial charge on any atom is 0.229 e. The Bertz CT molecular complexity index is 1140. The third-order valence-electron chi connectivity index (χ3n) is 5.30. The van der Waals surface area contributed by atoms with E-state index >= 15 is 0 Å². The Kier molecular flexibility index (Phi) is 5.78. The molecule has 1 aliphatic rings. The van der Waals surface area contributed by atoms with Gasteiger partial charge < -0.3 is 10.1 Å². The molecule has 3 aromatic rings. The zero-order chi connectivity index (χ0) is 21.1. The number of sulfonamides is 1. The number of likely N-dealkylation sites (tertiary alicyclic amines) is 1. The first-order valence-corrected chi connectivity index (χ1v) is 11.8. The molecule has 1 aliphatic heterocycles. The van der Waals surface area contributed by atoms with Gasteiger partial charge in [-0.15, -0.1) is 0 Å². The number of rotatable bonds is 7. The Morgan fingerprint density at radius 1 is 1.17 bits per heavy atom. The number of para-hydroxylation sites is 1. The molecule has 0 amide bonds. The average Bonchev–Trinajstić information content (AvgIpc) is 3.14. The molecule has 2 heterocycles. The predicted molar refractivity (Wildman–Crippen MR) is 121 cm³/mol. The van der Waals surface area contributed by atoms with Gasteiger partial charge in [-0.2, -0.15) is 0 Å². The van der Waals surface area contributed by atoms with Gasteiger partial charge in [0.2, 0.25) is 10.0 Å². The summed E-state index contributed by atoms with van der Waals surface area (Å²) in [5.74, 6) is 0.570. The van der Waals surface area contributed by atoms with Gasteiger partial charge in [-0.25, -0.2) is 8.42 Å². The summed E-state index contributed by atoms with van der Waals surface area (Å²) in [5.41, 5.74) is 2.55. The van der Waals surface area contributed by atoms with Gasteiger partial charge in [0.05, 0.1) is 19.1 Å². The van der Waals surface area contributed by atoms with Crippen LogP contribution in [0, 0.1) is 0 Å². The van der Waals surface area contributed by atoms with E-state index in [1.807, 2.05) is 36.7 Å². The number of benzene rings is 2. The van der Waals surface area contributed by atoms with Gasteiger partial charge in [0.1, 0.15) is 5.75 Å². The molecule has 0 aliphatic carbocycles. The molecule has 1 saturated heterocycles. The molecular weight excluding hydrogens is 400 g/mol. The summed E-state index contributed by atoms with van der Waals surface area (Å²) in [4.78, 5) is 6.55. The van der Waals surface area contributed by atoms with Crippen LogP contribution in [-0.4, -0.2) is 50.8 Å². The van der Waals surface area contributed by atoms with Crippen molar-refractivity contribution in [2.45, 2.75) is 19.0 Å². The van der Waals surface area contributed by atoms with E-state index in [-0.39, 0.29) is 0 Å². The van der Waals surface area contributed by atoms with Crippen molar-refractivity contribution in [3.8, 4) is 5.75 Å². The van der Waals surface area contributed by atoms with Crippen molar-refractivity contribution in [2.24, 2.45) is 0 Å². The van der Waals surface area contributed by atoms with Crippen LogP contribution in [0.5, 0.6) is 5.75 Å². The van der Waals surface area contributed by atoms with Crippen molar-refractivity contribution in [1.82, 2.24) is 9.88 Å². The van der Waals surface area contributed by atoms with Crippen LogP contribution in [-0.2, 0) is 16.6 Å². The molecular formula is C22H26N4O3S. The molecule has 158 valence electrons. The van der Waals surface area contributed by atoms with Crippen LogP contribution in [0.4, 0.5) is 11.4 Å². The van der Waals surface area contributed by atoms with Crippen LogP contribution in [0.3, 0.4) is 0 Å². The lowest BCUT2D eigenvalue weighted by molar-refractivity contribution is 0.319. The molecule has 0 radical (unpaired) electrons. The fraction of sp³-hybridized carbons (Fsp3) is 0.318. The number of hydrogen-bond acceptors (Lipinski definition) is 6. The first-order valence-electron chi connectivity index (χ1n) is 9.88. The van der Waals surface area contributed by atoms with E-state index in [2.05, 4.69) is 32.1 Å². The number of nitrogens with one attached hydrogen (secondary N) is 2. The van der Waals surface area contributed by atoms with Gasteiger partial charge in [-0.3, -0.25) is 14.6 Å². The Morgan fingerprint density at radius 2 is 1.97 bits per heavy atom. The summed E-state index contributed by atoms with van der Waals surface area (Å²) >= 11 is 0. The molecule has 4 rings (SSSR count). The highest BCUT2D eigenvalue weighted by atomic mass is 32.2. The lowest BCUT2D eigenvalue weighted by Gasteiger charge is -2.20. The highest BCUT2D eigenvalue weighted by Gasteiger charge is 2.24. The zero-order valence-electron chi connectivity index (χ0n) is 17.1. The summed E-state index contributed by atoms with van der Waals surface area (Å²) < 4.78 is 31.4. The van der Waals surface area contributed by atoms with Crippen LogP contribution >= 0.6 is 0 Å². The lowest BCUT2D eigenvalue weighted by Crippen LogP contribution is -2.26. The van der Waals surface area contributed by atoms with Crippen molar-refractivity contribution in [2.75, 3.05) is 36.5 Å². The summed E-state index contributed by atoms with van der Waals surface area (Å²) in [6.07, 6.45) is 5.87. The molecule has 8 heteroatoms. The van der Waals surface area contributed by atoms with E-state index in [0.717, 1.165) is 42.4 Å². The van der Waals surface area contributed by atoms with Crippen molar-refractivity contribution in [3.63, 3.8) is 0 Å².